The molecule has 1 atom stereocenters. The first-order valence-electron chi connectivity index (χ1n) is 6.20. The minimum atomic E-state index is -0.0415. The normalized spacial score (nSPS) is 24.6. The second-order valence-corrected chi connectivity index (χ2v) is 4.73. The summed E-state index contributed by atoms with van der Waals surface area (Å²) in [4.78, 5) is 0. The second kappa shape index (κ2) is 3.77. The summed E-state index contributed by atoms with van der Waals surface area (Å²) < 4.78 is 1.89. The van der Waals surface area contributed by atoms with Crippen LogP contribution in [0.1, 0.15) is 37.7 Å². The molecule has 0 aromatic carbocycles. The number of hydrogen-bond donors (Lipinski definition) is 1. The molecular formula is C12H17N5. The van der Waals surface area contributed by atoms with Crippen LogP contribution < -0.4 is 5.32 Å². The Labute approximate surface area is 100 Å². The van der Waals surface area contributed by atoms with Crippen LogP contribution in [0, 0.1) is 6.92 Å². The lowest BCUT2D eigenvalue weighted by Crippen LogP contribution is -2.38. The van der Waals surface area contributed by atoms with Crippen LogP contribution in [0.4, 0.5) is 0 Å². The van der Waals surface area contributed by atoms with E-state index >= 15 is 0 Å². The zero-order valence-electron chi connectivity index (χ0n) is 10.3. The van der Waals surface area contributed by atoms with Gasteiger partial charge >= 0.3 is 0 Å². The number of nitrogens with zero attached hydrogens (tertiary/aromatic N) is 4. The van der Waals surface area contributed by atoms with Gasteiger partial charge in [-0.15, -0.1) is 10.2 Å². The van der Waals surface area contributed by atoms with Gasteiger partial charge in [0.15, 0.2) is 11.5 Å². The van der Waals surface area contributed by atoms with Crippen molar-refractivity contribution < 1.29 is 0 Å². The van der Waals surface area contributed by atoms with Crippen molar-refractivity contribution in [2.45, 2.75) is 38.6 Å². The molecule has 3 heterocycles. The molecule has 1 fully saturated rings. The Kier molecular flexibility index (Phi) is 2.36. The largest absolute Gasteiger partial charge is 0.305 e. The number of aryl methyl sites for hydroxylation is 1. The van der Waals surface area contributed by atoms with Crippen molar-refractivity contribution in [3.8, 4) is 0 Å². The first kappa shape index (κ1) is 10.7. The number of nitrogens with one attached hydrogen (secondary N) is 1. The van der Waals surface area contributed by atoms with Crippen LogP contribution in [0.25, 0.3) is 5.65 Å². The third kappa shape index (κ3) is 1.53. The van der Waals surface area contributed by atoms with E-state index in [0.29, 0.717) is 0 Å². The van der Waals surface area contributed by atoms with Crippen LogP contribution in [0.2, 0.25) is 0 Å². The molecule has 0 spiro atoms. The van der Waals surface area contributed by atoms with Crippen molar-refractivity contribution in [3.63, 3.8) is 0 Å². The first-order chi connectivity index (χ1) is 8.25. The average Bonchev–Trinajstić information content (AvgIpc) is 2.94. The molecule has 0 bridgehead atoms. The van der Waals surface area contributed by atoms with Crippen molar-refractivity contribution in [3.05, 3.63) is 23.7 Å². The van der Waals surface area contributed by atoms with Crippen molar-refractivity contribution >= 4 is 5.65 Å². The van der Waals surface area contributed by atoms with Gasteiger partial charge in [0.1, 0.15) is 0 Å². The Hall–Kier alpha value is -1.49. The Morgan fingerprint density at radius 1 is 1.41 bits per heavy atom. The van der Waals surface area contributed by atoms with Gasteiger partial charge in [0.2, 0.25) is 0 Å². The number of hydrogen-bond acceptors (Lipinski definition) is 4. The summed E-state index contributed by atoms with van der Waals surface area (Å²) in [6.07, 6.45) is 3.32. The SMILES string of the molecule is CCC1(c2nnc3ccc(C)nn23)CCCN1. The van der Waals surface area contributed by atoms with E-state index in [-0.39, 0.29) is 5.54 Å². The van der Waals surface area contributed by atoms with Crippen molar-refractivity contribution in [2.75, 3.05) is 6.54 Å². The maximum Gasteiger partial charge on any atom is 0.177 e. The molecule has 0 radical (unpaired) electrons. The molecule has 2 aromatic rings. The van der Waals surface area contributed by atoms with Gasteiger partial charge in [-0.1, -0.05) is 6.92 Å². The molecule has 0 aliphatic carbocycles. The molecule has 1 saturated heterocycles. The third-order valence-corrected chi connectivity index (χ3v) is 3.67. The van der Waals surface area contributed by atoms with Crippen LogP contribution in [-0.2, 0) is 5.54 Å². The molecule has 0 amide bonds. The van der Waals surface area contributed by atoms with Crippen molar-refractivity contribution in [2.24, 2.45) is 0 Å². The minimum Gasteiger partial charge on any atom is -0.305 e. The highest BCUT2D eigenvalue weighted by Gasteiger charge is 2.38. The molecule has 3 rings (SSSR count). The van der Waals surface area contributed by atoms with Crippen LogP contribution in [-0.4, -0.2) is 26.4 Å². The highest BCUT2D eigenvalue weighted by Crippen LogP contribution is 2.32. The summed E-state index contributed by atoms with van der Waals surface area (Å²) in [5, 5.41) is 16.7. The van der Waals surface area contributed by atoms with Gasteiger partial charge in [0.05, 0.1) is 11.2 Å². The van der Waals surface area contributed by atoms with E-state index in [4.69, 9.17) is 0 Å². The van der Waals surface area contributed by atoms with Gasteiger partial charge in [-0.25, -0.2) is 0 Å². The Morgan fingerprint density at radius 3 is 3.00 bits per heavy atom. The van der Waals surface area contributed by atoms with Crippen LogP contribution in [0.5, 0.6) is 0 Å². The van der Waals surface area contributed by atoms with Crippen LogP contribution >= 0.6 is 0 Å². The van der Waals surface area contributed by atoms with Crippen LogP contribution in [0.15, 0.2) is 12.1 Å². The van der Waals surface area contributed by atoms with Gasteiger partial charge in [0.25, 0.3) is 0 Å². The van der Waals surface area contributed by atoms with E-state index in [2.05, 4.69) is 27.5 Å². The lowest BCUT2D eigenvalue weighted by atomic mass is 9.93. The Bertz CT molecular complexity index is 539. The summed E-state index contributed by atoms with van der Waals surface area (Å²) in [7, 11) is 0. The monoisotopic (exact) mass is 231 g/mol. The Morgan fingerprint density at radius 2 is 2.29 bits per heavy atom. The van der Waals surface area contributed by atoms with E-state index in [1.165, 1.54) is 6.42 Å². The lowest BCUT2D eigenvalue weighted by Gasteiger charge is -2.25. The average molecular weight is 231 g/mol. The topological polar surface area (TPSA) is 55.1 Å². The van der Waals surface area contributed by atoms with E-state index in [9.17, 15) is 0 Å². The Balaban J connectivity index is 2.19. The number of fused-ring (bicyclic) bond motifs is 1. The van der Waals surface area contributed by atoms with E-state index in [1.807, 2.05) is 23.6 Å². The molecule has 1 N–H and O–H groups in total. The quantitative estimate of drug-likeness (QED) is 0.849. The maximum atomic E-state index is 4.52. The number of rotatable bonds is 2. The minimum absolute atomic E-state index is 0.0415. The fourth-order valence-corrected chi connectivity index (χ4v) is 2.64. The zero-order chi connectivity index (χ0) is 11.9. The molecule has 1 aliphatic rings. The fraction of sp³-hybridized carbons (Fsp3) is 0.583. The number of aromatic nitrogens is 4. The molecule has 1 aliphatic heterocycles. The van der Waals surface area contributed by atoms with Gasteiger partial charge in [0, 0.05) is 0 Å². The molecule has 90 valence electrons. The summed E-state index contributed by atoms with van der Waals surface area (Å²) in [6.45, 7) is 5.23. The van der Waals surface area contributed by atoms with Crippen molar-refractivity contribution in [1.29, 1.82) is 0 Å². The van der Waals surface area contributed by atoms with Gasteiger partial charge in [-0.3, -0.25) is 0 Å². The fourth-order valence-electron chi connectivity index (χ4n) is 2.64. The molecule has 5 nitrogen and oxygen atoms in total. The maximum absolute atomic E-state index is 4.52. The summed E-state index contributed by atoms with van der Waals surface area (Å²) in [5.41, 5.74) is 1.77. The summed E-state index contributed by atoms with van der Waals surface area (Å²) in [6, 6.07) is 3.94. The molecule has 5 heteroatoms. The van der Waals surface area contributed by atoms with E-state index in [1.54, 1.807) is 0 Å². The lowest BCUT2D eigenvalue weighted by molar-refractivity contribution is 0.345. The predicted molar refractivity (Wildman–Crippen MR) is 64.7 cm³/mol. The highest BCUT2D eigenvalue weighted by atomic mass is 15.4. The summed E-state index contributed by atoms with van der Waals surface area (Å²) >= 11 is 0. The van der Waals surface area contributed by atoms with Crippen LogP contribution in [0.3, 0.4) is 0 Å². The highest BCUT2D eigenvalue weighted by molar-refractivity contribution is 5.37. The molecule has 2 aromatic heterocycles. The molecule has 1 unspecified atom stereocenters. The van der Waals surface area contributed by atoms with E-state index in [0.717, 1.165) is 36.6 Å². The predicted octanol–water partition coefficient (Wildman–Crippen LogP) is 1.42. The smallest absolute Gasteiger partial charge is 0.177 e. The van der Waals surface area contributed by atoms with E-state index < -0.39 is 0 Å². The molecule has 0 saturated carbocycles. The molecular weight excluding hydrogens is 214 g/mol. The summed E-state index contributed by atoms with van der Waals surface area (Å²) in [5.74, 6) is 0.955. The van der Waals surface area contributed by atoms with Gasteiger partial charge in [-0.05, 0) is 44.9 Å². The zero-order valence-corrected chi connectivity index (χ0v) is 10.3. The van der Waals surface area contributed by atoms with Gasteiger partial charge < -0.3 is 5.32 Å². The van der Waals surface area contributed by atoms with Gasteiger partial charge in [-0.2, -0.15) is 9.61 Å². The second-order valence-electron chi connectivity index (χ2n) is 4.73. The molecule has 17 heavy (non-hydrogen) atoms. The van der Waals surface area contributed by atoms with Crippen molar-refractivity contribution in [1.82, 2.24) is 25.1 Å². The standard InChI is InChI=1S/C12H17N5/c1-3-12(7-4-8-13-12)11-15-14-10-6-5-9(2)16-17(10)11/h5-6,13H,3-4,7-8H2,1-2H3. The third-order valence-electron chi connectivity index (χ3n) is 3.67. The first-order valence-corrected chi connectivity index (χ1v) is 6.20.